The van der Waals surface area contributed by atoms with E-state index in [-0.39, 0.29) is 0 Å². The van der Waals surface area contributed by atoms with Crippen molar-refractivity contribution in [1.29, 1.82) is 5.26 Å². The number of morpholine rings is 1. The second kappa shape index (κ2) is 9.85. The molecule has 0 saturated carbocycles. The molecule has 2 aromatic carbocycles. The zero-order chi connectivity index (χ0) is 22.6. The maximum absolute atomic E-state index is 9.62. The van der Waals surface area contributed by atoms with Crippen molar-refractivity contribution in [2.24, 2.45) is 0 Å². The van der Waals surface area contributed by atoms with Gasteiger partial charge in [0.05, 0.1) is 24.5 Å². The standard InChI is InChI=1S/C24H21BrN6OS/c25-18-2-1-3-20(12-18)28-21-17(13-26)14-27-23-22(21)33-24(30-23)29-19-6-4-16(5-7-19)15-31-8-10-32-11-9-31/h1-7,12,14H,8-11,15H2,(H2,27,28,29,30). The summed E-state index contributed by atoms with van der Waals surface area (Å²) in [5, 5.41) is 17.1. The number of nitrogens with one attached hydrogen (secondary N) is 2. The van der Waals surface area contributed by atoms with Crippen LogP contribution >= 0.6 is 27.3 Å². The molecule has 0 aliphatic carbocycles. The summed E-state index contributed by atoms with van der Waals surface area (Å²) < 4.78 is 7.21. The molecule has 1 aliphatic heterocycles. The van der Waals surface area contributed by atoms with Gasteiger partial charge in [-0.1, -0.05) is 45.5 Å². The number of nitriles is 1. The Morgan fingerprint density at radius 3 is 2.67 bits per heavy atom. The Labute approximate surface area is 204 Å². The van der Waals surface area contributed by atoms with Gasteiger partial charge in [0.2, 0.25) is 0 Å². The molecule has 0 unspecified atom stereocenters. The molecule has 3 heterocycles. The van der Waals surface area contributed by atoms with Crippen LogP contribution in [0, 0.1) is 11.3 Å². The Bertz CT molecular complexity index is 1310. The molecule has 2 N–H and O–H groups in total. The number of aromatic nitrogens is 2. The van der Waals surface area contributed by atoms with Crippen LogP contribution in [0.1, 0.15) is 11.1 Å². The minimum atomic E-state index is 0.477. The fourth-order valence-corrected chi connectivity index (χ4v) is 5.03. The van der Waals surface area contributed by atoms with Crippen molar-refractivity contribution in [3.8, 4) is 6.07 Å². The molecule has 0 bridgehead atoms. The van der Waals surface area contributed by atoms with Crippen LogP contribution in [-0.4, -0.2) is 41.2 Å². The lowest BCUT2D eigenvalue weighted by molar-refractivity contribution is 0.0342. The molecular formula is C24H21BrN6OS. The number of rotatable bonds is 6. The smallest absolute Gasteiger partial charge is 0.189 e. The second-order valence-electron chi connectivity index (χ2n) is 7.68. The third-order valence-electron chi connectivity index (χ3n) is 5.35. The van der Waals surface area contributed by atoms with Gasteiger partial charge >= 0.3 is 0 Å². The predicted octanol–water partition coefficient (Wildman–Crippen LogP) is 5.64. The summed E-state index contributed by atoms with van der Waals surface area (Å²) >= 11 is 4.96. The maximum Gasteiger partial charge on any atom is 0.189 e. The number of halogens is 1. The summed E-state index contributed by atoms with van der Waals surface area (Å²) in [6.45, 7) is 4.48. The van der Waals surface area contributed by atoms with Crippen LogP contribution in [0.3, 0.4) is 0 Å². The summed E-state index contributed by atoms with van der Waals surface area (Å²) in [6, 6.07) is 18.5. The zero-order valence-electron chi connectivity index (χ0n) is 17.7. The van der Waals surface area contributed by atoms with Gasteiger partial charge in [-0.15, -0.1) is 0 Å². The van der Waals surface area contributed by atoms with Gasteiger partial charge in [-0.3, -0.25) is 4.90 Å². The lowest BCUT2D eigenvalue weighted by atomic mass is 10.2. The number of ether oxygens (including phenoxy) is 1. The molecule has 2 aromatic heterocycles. The fourth-order valence-electron chi connectivity index (χ4n) is 3.68. The fraction of sp³-hybridized carbons (Fsp3) is 0.208. The van der Waals surface area contributed by atoms with Gasteiger partial charge < -0.3 is 15.4 Å². The molecule has 0 spiro atoms. The molecule has 1 fully saturated rings. The molecule has 5 rings (SSSR count). The minimum Gasteiger partial charge on any atom is -0.379 e. The number of nitrogens with zero attached hydrogens (tertiary/aromatic N) is 4. The number of benzene rings is 2. The molecule has 0 radical (unpaired) electrons. The van der Waals surface area contributed by atoms with Gasteiger partial charge in [-0.25, -0.2) is 4.98 Å². The lowest BCUT2D eigenvalue weighted by Gasteiger charge is -2.26. The summed E-state index contributed by atoms with van der Waals surface area (Å²) in [5.41, 5.74) is 4.90. The number of thiazole rings is 1. The van der Waals surface area contributed by atoms with E-state index in [1.165, 1.54) is 16.9 Å². The van der Waals surface area contributed by atoms with E-state index < -0.39 is 0 Å². The van der Waals surface area contributed by atoms with E-state index in [4.69, 9.17) is 4.74 Å². The summed E-state index contributed by atoms with van der Waals surface area (Å²) in [4.78, 5) is 11.4. The van der Waals surface area contributed by atoms with Crippen LogP contribution in [0.25, 0.3) is 10.3 Å². The first kappa shape index (κ1) is 21.8. The summed E-state index contributed by atoms with van der Waals surface area (Å²) in [5.74, 6) is 0. The molecule has 4 aromatic rings. The Hall–Kier alpha value is -3.03. The van der Waals surface area contributed by atoms with E-state index in [0.717, 1.165) is 58.5 Å². The van der Waals surface area contributed by atoms with Gasteiger partial charge in [0.15, 0.2) is 10.8 Å². The van der Waals surface area contributed by atoms with Crippen LogP contribution in [0.15, 0.2) is 59.2 Å². The van der Waals surface area contributed by atoms with Crippen LogP contribution in [0.4, 0.5) is 22.2 Å². The second-order valence-corrected chi connectivity index (χ2v) is 9.59. The number of hydrogen-bond acceptors (Lipinski definition) is 8. The summed E-state index contributed by atoms with van der Waals surface area (Å²) in [6.07, 6.45) is 1.56. The third kappa shape index (κ3) is 5.15. The van der Waals surface area contributed by atoms with E-state index in [9.17, 15) is 5.26 Å². The van der Waals surface area contributed by atoms with E-state index in [2.05, 4.69) is 71.8 Å². The molecule has 166 valence electrons. The van der Waals surface area contributed by atoms with Gasteiger partial charge in [0.1, 0.15) is 10.8 Å². The average molecular weight is 521 g/mol. The zero-order valence-corrected chi connectivity index (χ0v) is 20.1. The Morgan fingerprint density at radius 2 is 1.91 bits per heavy atom. The van der Waals surface area contributed by atoms with E-state index in [1.54, 1.807) is 6.20 Å². The number of hydrogen-bond donors (Lipinski definition) is 2. The maximum atomic E-state index is 9.62. The molecule has 9 heteroatoms. The number of fused-ring (bicyclic) bond motifs is 1. The van der Waals surface area contributed by atoms with Crippen LogP contribution < -0.4 is 10.6 Å². The van der Waals surface area contributed by atoms with Gasteiger partial charge in [0.25, 0.3) is 0 Å². The molecule has 7 nitrogen and oxygen atoms in total. The van der Waals surface area contributed by atoms with Crippen molar-refractivity contribution in [1.82, 2.24) is 14.9 Å². The molecular weight excluding hydrogens is 500 g/mol. The highest BCUT2D eigenvalue weighted by Crippen LogP contribution is 2.36. The van der Waals surface area contributed by atoms with Gasteiger partial charge in [0, 0.05) is 41.7 Å². The lowest BCUT2D eigenvalue weighted by Crippen LogP contribution is -2.35. The van der Waals surface area contributed by atoms with Crippen molar-refractivity contribution in [3.05, 3.63) is 70.3 Å². The molecule has 1 aliphatic rings. The first-order chi connectivity index (χ1) is 16.2. The van der Waals surface area contributed by atoms with Crippen molar-refractivity contribution >= 4 is 59.8 Å². The Kier molecular flexibility index (Phi) is 6.51. The van der Waals surface area contributed by atoms with Crippen LogP contribution in [-0.2, 0) is 11.3 Å². The number of pyridine rings is 1. The van der Waals surface area contributed by atoms with Crippen molar-refractivity contribution in [2.45, 2.75) is 6.54 Å². The topological polar surface area (TPSA) is 86.1 Å². The van der Waals surface area contributed by atoms with Crippen molar-refractivity contribution in [2.75, 3.05) is 36.9 Å². The molecule has 0 amide bonds. The first-order valence-corrected chi connectivity index (χ1v) is 12.2. The minimum absolute atomic E-state index is 0.477. The number of anilines is 4. The van der Waals surface area contributed by atoms with Crippen LogP contribution in [0.5, 0.6) is 0 Å². The molecule has 1 saturated heterocycles. The molecule has 0 atom stereocenters. The molecule has 33 heavy (non-hydrogen) atoms. The largest absolute Gasteiger partial charge is 0.379 e. The van der Waals surface area contributed by atoms with E-state index in [1.807, 2.05) is 24.3 Å². The van der Waals surface area contributed by atoms with E-state index in [0.29, 0.717) is 16.9 Å². The van der Waals surface area contributed by atoms with Crippen molar-refractivity contribution < 1.29 is 4.74 Å². The van der Waals surface area contributed by atoms with Crippen LogP contribution in [0.2, 0.25) is 0 Å². The van der Waals surface area contributed by atoms with E-state index >= 15 is 0 Å². The third-order valence-corrected chi connectivity index (χ3v) is 6.82. The monoisotopic (exact) mass is 520 g/mol. The highest BCUT2D eigenvalue weighted by Gasteiger charge is 2.15. The van der Waals surface area contributed by atoms with Gasteiger partial charge in [-0.2, -0.15) is 10.2 Å². The van der Waals surface area contributed by atoms with Gasteiger partial charge in [-0.05, 0) is 35.9 Å². The highest BCUT2D eigenvalue weighted by molar-refractivity contribution is 9.10. The normalized spacial score (nSPS) is 14.2. The Morgan fingerprint density at radius 1 is 1.09 bits per heavy atom. The quantitative estimate of drug-likeness (QED) is 0.339. The average Bonchev–Trinajstić information content (AvgIpc) is 3.24. The predicted molar refractivity (Wildman–Crippen MR) is 135 cm³/mol. The summed E-state index contributed by atoms with van der Waals surface area (Å²) in [7, 11) is 0. The highest BCUT2D eigenvalue weighted by atomic mass is 79.9. The first-order valence-electron chi connectivity index (χ1n) is 10.6. The SMILES string of the molecule is N#Cc1cnc2nc(Nc3ccc(CN4CCOCC4)cc3)sc2c1Nc1cccc(Br)c1. The Balaban J connectivity index is 1.36. The van der Waals surface area contributed by atoms with Crippen molar-refractivity contribution in [3.63, 3.8) is 0 Å².